The van der Waals surface area contributed by atoms with Crippen LogP contribution in [0.4, 0.5) is 0 Å². The molecular weight excluding hydrogens is 266 g/mol. The van der Waals surface area contributed by atoms with E-state index in [4.69, 9.17) is 27.4 Å². The zero-order valence-corrected chi connectivity index (χ0v) is 12.8. The average molecular weight is 291 g/mol. The molecule has 0 bridgehead atoms. The van der Waals surface area contributed by atoms with E-state index in [0.29, 0.717) is 44.3 Å². The molecule has 3 N–H and O–H groups in total. The number of nitrogens with zero attached hydrogens (tertiary/aromatic N) is 1. The van der Waals surface area contributed by atoms with Crippen molar-refractivity contribution in [3.63, 3.8) is 0 Å². The normalized spacial score (nSPS) is 12.4. The lowest BCUT2D eigenvalue weighted by atomic mass is 10.2. The van der Waals surface area contributed by atoms with E-state index in [2.05, 4.69) is 5.32 Å². The summed E-state index contributed by atoms with van der Waals surface area (Å²) < 4.78 is 9.94. The molecule has 0 aromatic carbocycles. The molecular formula is C12H25N3O3S. The predicted octanol–water partition coefficient (Wildman–Crippen LogP) is -0.238. The third-order valence-electron chi connectivity index (χ3n) is 2.76. The Balaban J connectivity index is 4.28. The smallest absolute Gasteiger partial charge is 0.237 e. The molecule has 0 fully saturated rings. The van der Waals surface area contributed by atoms with Gasteiger partial charge in [0.1, 0.15) is 0 Å². The Morgan fingerprint density at radius 3 is 2.47 bits per heavy atom. The second kappa shape index (κ2) is 11.1. The lowest BCUT2D eigenvalue weighted by molar-refractivity contribution is -0.126. The topological polar surface area (TPSA) is 76.8 Å². The summed E-state index contributed by atoms with van der Waals surface area (Å²) in [5.74, 6) is -0.0314. The summed E-state index contributed by atoms with van der Waals surface area (Å²) in [7, 11) is 3.23. The van der Waals surface area contributed by atoms with E-state index in [-0.39, 0.29) is 11.9 Å². The molecule has 112 valence electrons. The summed E-state index contributed by atoms with van der Waals surface area (Å²) in [4.78, 5) is 14.4. The predicted molar refractivity (Wildman–Crippen MR) is 79.2 cm³/mol. The van der Waals surface area contributed by atoms with E-state index in [1.54, 1.807) is 14.2 Å². The van der Waals surface area contributed by atoms with E-state index in [1.165, 1.54) is 0 Å². The Morgan fingerprint density at radius 1 is 1.32 bits per heavy atom. The van der Waals surface area contributed by atoms with Crippen molar-refractivity contribution >= 4 is 23.1 Å². The molecule has 0 aliphatic heterocycles. The summed E-state index contributed by atoms with van der Waals surface area (Å²) in [6.45, 7) is 4.75. The van der Waals surface area contributed by atoms with Crippen LogP contribution >= 0.6 is 12.2 Å². The summed E-state index contributed by atoms with van der Waals surface area (Å²) in [6.07, 6.45) is 0.592. The van der Waals surface area contributed by atoms with Crippen molar-refractivity contribution in [3.05, 3.63) is 0 Å². The van der Waals surface area contributed by atoms with Crippen LogP contribution in [0.25, 0.3) is 0 Å². The molecule has 0 aliphatic rings. The Morgan fingerprint density at radius 2 is 1.95 bits per heavy atom. The van der Waals surface area contributed by atoms with Crippen molar-refractivity contribution in [2.75, 3.05) is 47.1 Å². The second-order valence-electron chi connectivity index (χ2n) is 4.20. The van der Waals surface area contributed by atoms with Crippen LogP contribution in [0.5, 0.6) is 0 Å². The summed E-state index contributed by atoms with van der Waals surface area (Å²) in [5.41, 5.74) is 5.50. The van der Waals surface area contributed by atoms with Crippen LogP contribution in [0.2, 0.25) is 0 Å². The zero-order chi connectivity index (χ0) is 14.7. The first kappa shape index (κ1) is 18.2. The van der Waals surface area contributed by atoms with Gasteiger partial charge in [-0.2, -0.15) is 0 Å². The molecule has 0 radical (unpaired) electrons. The number of nitrogens with one attached hydrogen (secondary N) is 1. The largest absolute Gasteiger partial charge is 0.393 e. The van der Waals surface area contributed by atoms with Crippen LogP contribution in [-0.4, -0.2) is 68.9 Å². The van der Waals surface area contributed by atoms with Gasteiger partial charge < -0.3 is 20.5 Å². The molecule has 6 nitrogen and oxygen atoms in total. The maximum Gasteiger partial charge on any atom is 0.237 e. The molecule has 0 aromatic heterocycles. The monoisotopic (exact) mass is 291 g/mol. The van der Waals surface area contributed by atoms with Crippen molar-refractivity contribution in [1.82, 2.24) is 10.2 Å². The van der Waals surface area contributed by atoms with Gasteiger partial charge in [0.25, 0.3) is 0 Å². The number of carbonyl (C=O) groups excluding carboxylic acids is 1. The highest BCUT2D eigenvalue weighted by Crippen LogP contribution is 2.01. The quantitative estimate of drug-likeness (QED) is 0.404. The fourth-order valence-corrected chi connectivity index (χ4v) is 1.64. The summed E-state index contributed by atoms with van der Waals surface area (Å²) >= 11 is 4.87. The average Bonchev–Trinajstić information content (AvgIpc) is 2.38. The fourth-order valence-electron chi connectivity index (χ4n) is 1.55. The number of amides is 1. The molecule has 0 aliphatic carbocycles. The van der Waals surface area contributed by atoms with E-state index in [1.807, 2.05) is 11.8 Å². The SMILES string of the molecule is COCCNC(=O)C(C)N(CCOC)CCC(N)=S. The molecule has 0 aromatic rings. The van der Waals surface area contributed by atoms with Crippen LogP contribution in [0, 0.1) is 0 Å². The van der Waals surface area contributed by atoms with Crippen molar-refractivity contribution in [1.29, 1.82) is 0 Å². The van der Waals surface area contributed by atoms with Gasteiger partial charge in [-0.05, 0) is 6.92 Å². The molecule has 0 saturated heterocycles. The Bertz CT molecular complexity index is 277. The van der Waals surface area contributed by atoms with E-state index in [0.717, 1.165) is 0 Å². The van der Waals surface area contributed by atoms with Gasteiger partial charge in [0.15, 0.2) is 0 Å². The van der Waals surface area contributed by atoms with Gasteiger partial charge in [-0.1, -0.05) is 12.2 Å². The Labute approximate surface area is 120 Å². The number of hydrogen-bond acceptors (Lipinski definition) is 5. The molecule has 1 atom stereocenters. The second-order valence-corrected chi connectivity index (χ2v) is 4.73. The minimum absolute atomic E-state index is 0.0314. The van der Waals surface area contributed by atoms with Gasteiger partial charge in [0.2, 0.25) is 5.91 Å². The van der Waals surface area contributed by atoms with Crippen LogP contribution < -0.4 is 11.1 Å². The van der Waals surface area contributed by atoms with Crippen molar-refractivity contribution in [3.8, 4) is 0 Å². The standard InChI is InChI=1S/C12H25N3O3S/c1-10(12(16)14-5-8-17-2)15(7-9-18-3)6-4-11(13)19/h10H,4-9H2,1-3H3,(H2,13,19)(H,14,16). The highest BCUT2D eigenvalue weighted by atomic mass is 32.1. The highest BCUT2D eigenvalue weighted by molar-refractivity contribution is 7.80. The van der Waals surface area contributed by atoms with Crippen LogP contribution in [0.3, 0.4) is 0 Å². The first-order valence-corrected chi connectivity index (χ1v) is 6.71. The van der Waals surface area contributed by atoms with Crippen LogP contribution in [-0.2, 0) is 14.3 Å². The van der Waals surface area contributed by atoms with E-state index in [9.17, 15) is 4.79 Å². The van der Waals surface area contributed by atoms with Crippen molar-refractivity contribution in [2.24, 2.45) is 5.73 Å². The molecule has 7 heteroatoms. The van der Waals surface area contributed by atoms with Gasteiger partial charge in [-0.15, -0.1) is 0 Å². The molecule has 1 amide bonds. The number of ether oxygens (including phenoxy) is 2. The summed E-state index contributed by atoms with van der Waals surface area (Å²) in [5, 5.41) is 2.82. The minimum atomic E-state index is -0.249. The van der Waals surface area contributed by atoms with Gasteiger partial charge in [-0.25, -0.2) is 0 Å². The number of methoxy groups -OCH3 is 2. The number of hydrogen-bond donors (Lipinski definition) is 2. The first-order chi connectivity index (χ1) is 9.02. The maximum absolute atomic E-state index is 12.0. The van der Waals surface area contributed by atoms with Crippen LogP contribution in [0.1, 0.15) is 13.3 Å². The minimum Gasteiger partial charge on any atom is -0.393 e. The number of carbonyl (C=O) groups is 1. The van der Waals surface area contributed by atoms with Gasteiger partial charge in [0, 0.05) is 40.3 Å². The van der Waals surface area contributed by atoms with E-state index < -0.39 is 0 Å². The summed E-state index contributed by atoms with van der Waals surface area (Å²) in [6, 6.07) is -0.249. The fraction of sp³-hybridized carbons (Fsp3) is 0.833. The third kappa shape index (κ3) is 8.88. The van der Waals surface area contributed by atoms with Crippen molar-refractivity contribution in [2.45, 2.75) is 19.4 Å². The van der Waals surface area contributed by atoms with Gasteiger partial charge >= 0.3 is 0 Å². The third-order valence-corrected chi connectivity index (χ3v) is 2.96. The Hall–Kier alpha value is -0.760. The molecule has 0 saturated carbocycles. The highest BCUT2D eigenvalue weighted by Gasteiger charge is 2.20. The van der Waals surface area contributed by atoms with Crippen LogP contribution in [0.15, 0.2) is 0 Å². The molecule has 0 spiro atoms. The van der Waals surface area contributed by atoms with Gasteiger partial charge in [-0.3, -0.25) is 9.69 Å². The molecule has 0 rings (SSSR count). The van der Waals surface area contributed by atoms with E-state index >= 15 is 0 Å². The Kier molecular flexibility index (Phi) is 10.7. The van der Waals surface area contributed by atoms with Gasteiger partial charge in [0.05, 0.1) is 24.2 Å². The molecule has 1 unspecified atom stereocenters. The zero-order valence-electron chi connectivity index (χ0n) is 12.0. The lowest BCUT2D eigenvalue weighted by Crippen LogP contribution is -2.47. The number of thiocarbonyl (C=S) groups is 1. The maximum atomic E-state index is 12.0. The first-order valence-electron chi connectivity index (χ1n) is 6.30. The number of nitrogens with two attached hydrogens (primary N) is 1. The van der Waals surface area contributed by atoms with Crippen molar-refractivity contribution < 1.29 is 14.3 Å². The lowest BCUT2D eigenvalue weighted by Gasteiger charge is -2.27. The molecule has 19 heavy (non-hydrogen) atoms. The number of rotatable bonds is 11. The molecule has 0 heterocycles.